The molecule has 27 heavy (non-hydrogen) atoms. The molecule has 2 saturated heterocycles. The quantitative estimate of drug-likeness (QED) is 0.882. The van der Waals surface area contributed by atoms with Crippen molar-refractivity contribution in [1.29, 1.82) is 0 Å². The minimum atomic E-state index is 0.0678. The van der Waals surface area contributed by atoms with Crippen LogP contribution in [0.25, 0.3) is 0 Å². The lowest BCUT2D eigenvalue weighted by atomic mass is 9.95. The van der Waals surface area contributed by atoms with Crippen LogP contribution in [-0.4, -0.2) is 54.3 Å². The summed E-state index contributed by atoms with van der Waals surface area (Å²) in [6.07, 6.45) is 6.52. The molecule has 0 aromatic carbocycles. The first-order valence-electron chi connectivity index (χ1n) is 10.4. The van der Waals surface area contributed by atoms with E-state index in [0.717, 1.165) is 82.8 Å². The third-order valence-electron chi connectivity index (χ3n) is 5.71. The van der Waals surface area contributed by atoms with Gasteiger partial charge in [0.25, 0.3) is 0 Å². The van der Waals surface area contributed by atoms with Gasteiger partial charge in [0, 0.05) is 32.0 Å². The van der Waals surface area contributed by atoms with Crippen LogP contribution < -0.4 is 5.32 Å². The van der Waals surface area contributed by atoms with E-state index in [0.29, 0.717) is 13.0 Å². The lowest BCUT2D eigenvalue weighted by Gasteiger charge is -2.34. The van der Waals surface area contributed by atoms with Crippen LogP contribution >= 0.6 is 0 Å². The number of nitrogens with one attached hydrogen (secondary N) is 1. The van der Waals surface area contributed by atoms with Gasteiger partial charge in [-0.25, -0.2) is 0 Å². The molecule has 2 amide bonds. The number of furan rings is 1. The third-order valence-corrected chi connectivity index (χ3v) is 5.71. The molecule has 1 aromatic rings. The molecule has 2 aliphatic heterocycles. The SMILES string of the molecule is Cc1ccc(CN2CCC(C(=O)N3CCCCCCNC(=O)CC3)CC2)o1. The number of nitrogens with zero attached hydrogens (tertiary/aromatic N) is 2. The van der Waals surface area contributed by atoms with Crippen LogP contribution in [0.3, 0.4) is 0 Å². The van der Waals surface area contributed by atoms with Crippen LogP contribution in [0.15, 0.2) is 16.5 Å². The van der Waals surface area contributed by atoms with Gasteiger partial charge in [0.1, 0.15) is 11.5 Å². The van der Waals surface area contributed by atoms with Gasteiger partial charge >= 0.3 is 0 Å². The van der Waals surface area contributed by atoms with Gasteiger partial charge in [-0.15, -0.1) is 0 Å². The molecule has 0 spiro atoms. The first kappa shape index (κ1) is 19.9. The number of carbonyl (C=O) groups excluding carboxylic acids is 2. The summed E-state index contributed by atoms with van der Waals surface area (Å²) in [5.74, 6) is 2.34. The fraction of sp³-hybridized carbons (Fsp3) is 0.714. The molecule has 1 aromatic heterocycles. The first-order valence-corrected chi connectivity index (χ1v) is 10.4. The Morgan fingerprint density at radius 2 is 1.89 bits per heavy atom. The van der Waals surface area contributed by atoms with Crippen molar-refractivity contribution in [3.63, 3.8) is 0 Å². The number of hydrogen-bond donors (Lipinski definition) is 1. The molecular formula is C21H33N3O3. The highest BCUT2D eigenvalue weighted by Crippen LogP contribution is 2.22. The Bertz CT molecular complexity index is 620. The minimum absolute atomic E-state index is 0.0678. The van der Waals surface area contributed by atoms with E-state index in [9.17, 15) is 9.59 Å². The van der Waals surface area contributed by atoms with Gasteiger partial charge in [-0.2, -0.15) is 0 Å². The summed E-state index contributed by atoms with van der Waals surface area (Å²) in [6, 6.07) is 4.03. The van der Waals surface area contributed by atoms with Crippen molar-refractivity contribution in [2.24, 2.45) is 5.92 Å². The van der Waals surface area contributed by atoms with E-state index in [1.165, 1.54) is 0 Å². The Morgan fingerprint density at radius 3 is 2.63 bits per heavy atom. The predicted octanol–water partition coefficient (Wildman–Crippen LogP) is 2.71. The van der Waals surface area contributed by atoms with E-state index in [1.54, 1.807) is 0 Å². The first-order chi connectivity index (χ1) is 13.1. The molecule has 3 rings (SSSR count). The monoisotopic (exact) mass is 375 g/mol. The van der Waals surface area contributed by atoms with Gasteiger partial charge in [-0.1, -0.05) is 12.8 Å². The Hall–Kier alpha value is -1.82. The molecule has 0 unspecified atom stereocenters. The molecule has 3 heterocycles. The maximum Gasteiger partial charge on any atom is 0.225 e. The number of rotatable bonds is 3. The zero-order valence-electron chi connectivity index (χ0n) is 16.5. The molecule has 0 saturated carbocycles. The second-order valence-corrected chi connectivity index (χ2v) is 7.90. The topological polar surface area (TPSA) is 65.8 Å². The van der Waals surface area contributed by atoms with E-state index in [-0.39, 0.29) is 17.7 Å². The molecule has 0 aliphatic carbocycles. The fourth-order valence-corrected chi connectivity index (χ4v) is 4.05. The van der Waals surface area contributed by atoms with E-state index < -0.39 is 0 Å². The van der Waals surface area contributed by atoms with Crippen LogP contribution in [-0.2, 0) is 16.1 Å². The van der Waals surface area contributed by atoms with Crippen LogP contribution in [0.4, 0.5) is 0 Å². The van der Waals surface area contributed by atoms with E-state index in [4.69, 9.17) is 4.42 Å². The smallest absolute Gasteiger partial charge is 0.225 e. The maximum absolute atomic E-state index is 13.0. The van der Waals surface area contributed by atoms with Crippen LogP contribution in [0.2, 0.25) is 0 Å². The lowest BCUT2D eigenvalue weighted by molar-refractivity contribution is -0.137. The van der Waals surface area contributed by atoms with Crippen LogP contribution in [0.5, 0.6) is 0 Å². The van der Waals surface area contributed by atoms with Crippen molar-refractivity contribution in [3.05, 3.63) is 23.7 Å². The number of piperidine rings is 1. The zero-order valence-corrected chi connectivity index (χ0v) is 16.5. The summed E-state index contributed by atoms with van der Waals surface area (Å²) < 4.78 is 5.67. The standard InChI is InChI=1S/C21H33N3O3/c1-17-6-7-19(27-17)16-23-13-8-18(9-14-23)21(26)24-12-5-3-2-4-11-22-20(25)10-15-24/h6-7,18H,2-5,8-16H2,1H3,(H,22,25). The number of aryl methyl sites for hydroxylation is 1. The van der Waals surface area contributed by atoms with Crippen molar-refractivity contribution in [3.8, 4) is 0 Å². The number of likely N-dealkylation sites (tertiary alicyclic amines) is 1. The van der Waals surface area contributed by atoms with Gasteiger partial charge in [0.2, 0.25) is 11.8 Å². The van der Waals surface area contributed by atoms with Crippen molar-refractivity contribution >= 4 is 11.8 Å². The van der Waals surface area contributed by atoms with E-state index in [2.05, 4.69) is 10.2 Å². The highest BCUT2D eigenvalue weighted by Gasteiger charge is 2.29. The lowest BCUT2D eigenvalue weighted by Crippen LogP contribution is -2.43. The average Bonchev–Trinajstić information content (AvgIpc) is 3.05. The molecule has 6 nitrogen and oxygen atoms in total. The van der Waals surface area contributed by atoms with Gasteiger partial charge in [0.15, 0.2) is 0 Å². The molecule has 150 valence electrons. The maximum atomic E-state index is 13.0. The molecule has 1 N–H and O–H groups in total. The van der Waals surface area contributed by atoms with Gasteiger partial charge in [0.05, 0.1) is 6.54 Å². The fourth-order valence-electron chi connectivity index (χ4n) is 4.05. The van der Waals surface area contributed by atoms with Crippen molar-refractivity contribution < 1.29 is 14.0 Å². The summed E-state index contributed by atoms with van der Waals surface area (Å²) >= 11 is 0. The summed E-state index contributed by atoms with van der Waals surface area (Å²) in [5, 5.41) is 2.96. The molecule has 0 radical (unpaired) electrons. The average molecular weight is 376 g/mol. The summed E-state index contributed by atoms with van der Waals surface area (Å²) in [4.78, 5) is 29.3. The minimum Gasteiger partial charge on any atom is -0.465 e. The van der Waals surface area contributed by atoms with Crippen molar-refractivity contribution in [1.82, 2.24) is 15.1 Å². The zero-order chi connectivity index (χ0) is 19.1. The van der Waals surface area contributed by atoms with Crippen molar-refractivity contribution in [2.45, 2.75) is 58.4 Å². The molecule has 2 aliphatic rings. The summed E-state index contributed by atoms with van der Waals surface area (Å²) in [5.41, 5.74) is 0. The molecule has 2 fully saturated rings. The van der Waals surface area contributed by atoms with E-state index >= 15 is 0 Å². The number of amides is 2. The van der Waals surface area contributed by atoms with Crippen molar-refractivity contribution in [2.75, 3.05) is 32.7 Å². The number of hydrogen-bond acceptors (Lipinski definition) is 4. The van der Waals surface area contributed by atoms with Gasteiger partial charge in [-0.3, -0.25) is 14.5 Å². The second-order valence-electron chi connectivity index (χ2n) is 7.90. The largest absolute Gasteiger partial charge is 0.465 e. The van der Waals surface area contributed by atoms with Crippen LogP contribution in [0, 0.1) is 12.8 Å². The highest BCUT2D eigenvalue weighted by atomic mass is 16.3. The summed E-state index contributed by atoms with van der Waals surface area (Å²) in [7, 11) is 0. The van der Waals surface area contributed by atoms with Gasteiger partial charge < -0.3 is 14.6 Å². The number of carbonyl (C=O) groups is 2. The molecule has 0 atom stereocenters. The normalized spacial score (nSPS) is 21.5. The Balaban J connectivity index is 1.49. The van der Waals surface area contributed by atoms with E-state index in [1.807, 2.05) is 24.0 Å². The van der Waals surface area contributed by atoms with Gasteiger partial charge in [-0.05, 0) is 57.8 Å². The molecule has 0 bridgehead atoms. The van der Waals surface area contributed by atoms with Crippen LogP contribution in [0.1, 0.15) is 56.5 Å². The predicted molar refractivity (Wildman–Crippen MR) is 104 cm³/mol. The summed E-state index contributed by atoms with van der Waals surface area (Å²) in [6.45, 7) is 6.73. The molecule has 6 heteroatoms. The molecular weight excluding hydrogens is 342 g/mol. The third kappa shape index (κ3) is 6.09. The Kier molecular flexibility index (Phi) is 7.33. The Morgan fingerprint density at radius 1 is 1.11 bits per heavy atom. The highest BCUT2D eigenvalue weighted by molar-refractivity contribution is 5.80. The second kappa shape index (κ2) is 9.93. The Labute approximate surface area is 162 Å².